The smallest absolute Gasteiger partial charge is 0.238 e. The molecule has 0 spiro atoms. The second kappa shape index (κ2) is 7.87. The second-order valence-electron chi connectivity index (χ2n) is 5.19. The average molecular weight is 315 g/mol. The van der Waals surface area contributed by atoms with Crippen molar-refractivity contribution in [1.82, 2.24) is 4.90 Å². The molecule has 1 aliphatic heterocycles. The maximum absolute atomic E-state index is 12.1. The molecule has 0 aromatic heterocycles. The van der Waals surface area contributed by atoms with E-state index in [0.29, 0.717) is 22.3 Å². The summed E-state index contributed by atoms with van der Waals surface area (Å²) in [5, 5.41) is 3.76. The van der Waals surface area contributed by atoms with Crippen LogP contribution in [0.2, 0.25) is 10.0 Å². The van der Waals surface area contributed by atoms with E-state index in [4.69, 9.17) is 23.2 Å². The van der Waals surface area contributed by atoms with Gasteiger partial charge in [0, 0.05) is 0 Å². The molecular formula is C15H20Cl2N2O. The predicted molar refractivity (Wildman–Crippen MR) is 84.6 cm³/mol. The first-order chi connectivity index (χ1) is 9.66. The minimum absolute atomic E-state index is 0.0550. The first-order valence-corrected chi connectivity index (χ1v) is 7.88. The van der Waals surface area contributed by atoms with Crippen LogP contribution in [0.5, 0.6) is 0 Å². The van der Waals surface area contributed by atoms with Crippen LogP contribution < -0.4 is 5.32 Å². The molecular weight excluding hydrogens is 295 g/mol. The highest BCUT2D eigenvalue weighted by Gasteiger charge is 2.14. The Morgan fingerprint density at radius 2 is 1.60 bits per heavy atom. The highest BCUT2D eigenvalue weighted by atomic mass is 35.5. The Kier molecular flexibility index (Phi) is 6.14. The summed E-state index contributed by atoms with van der Waals surface area (Å²) in [4.78, 5) is 14.3. The highest BCUT2D eigenvalue weighted by Crippen LogP contribution is 2.29. The molecule has 0 bridgehead atoms. The molecule has 1 N–H and O–H groups in total. The number of hydrogen-bond donors (Lipinski definition) is 1. The Balaban J connectivity index is 1.91. The minimum Gasteiger partial charge on any atom is -0.322 e. The number of benzene rings is 1. The SMILES string of the molecule is O=C(CN1CCCCCCC1)Nc1c(Cl)cccc1Cl. The van der Waals surface area contributed by atoms with E-state index in [1.807, 2.05) is 0 Å². The van der Waals surface area contributed by atoms with Crippen LogP contribution in [0, 0.1) is 0 Å². The van der Waals surface area contributed by atoms with Gasteiger partial charge in [0.05, 0.1) is 22.3 Å². The predicted octanol–water partition coefficient (Wildman–Crippen LogP) is 4.20. The number of nitrogens with one attached hydrogen (secondary N) is 1. The number of anilines is 1. The number of carbonyl (C=O) groups excluding carboxylic acids is 1. The van der Waals surface area contributed by atoms with E-state index < -0.39 is 0 Å². The zero-order valence-electron chi connectivity index (χ0n) is 11.5. The van der Waals surface area contributed by atoms with E-state index in [0.717, 1.165) is 13.1 Å². The molecule has 0 atom stereocenters. The third-order valence-corrected chi connectivity index (χ3v) is 4.17. The van der Waals surface area contributed by atoms with Gasteiger partial charge in [0.2, 0.25) is 5.91 Å². The van der Waals surface area contributed by atoms with Crippen LogP contribution >= 0.6 is 23.2 Å². The summed E-state index contributed by atoms with van der Waals surface area (Å²) >= 11 is 12.1. The third kappa shape index (κ3) is 4.65. The molecule has 1 fully saturated rings. The average Bonchev–Trinajstić information content (AvgIpc) is 2.37. The van der Waals surface area contributed by atoms with E-state index >= 15 is 0 Å². The molecule has 0 aliphatic carbocycles. The first kappa shape index (κ1) is 15.6. The molecule has 1 aromatic rings. The maximum Gasteiger partial charge on any atom is 0.238 e. The van der Waals surface area contributed by atoms with Gasteiger partial charge in [0.15, 0.2) is 0 Å². The van der Waals surface area contributed by atoms with Crippen molar-refractivity contribution in [2.45, 2.75) is 32.1 Å². The monoisotopic (exact) mass is 314 g/mol. The fraction of sp³-hybridized carbons (Fsp3) is 0.533. The molecule has 3 nitrogen and oxygen atoms in total. The zero-order valence-corrected chi connectivity index (χ0v) is 13.0. The van der Waals surface area contributed by atoms with E-state index in [-0.39, 0.29) is 5.91 Å². The Labute approximate surface area is 130 Å². The molecule has 1 amide bonds. The normalized spacial score (nSPS) is 17.3. The van der Waals surface area contributed by atoms with Crippen LogP contribution in [-0.4, -0.2) is 30.4 Å². The van der Waals surface area contributed by atoms with Crippen LogP contribution in [0.15, 0.2) is 18.2 Å². The van der Waals surface area contributed by atoms with Crippen molar-refractivity contribution in [1.29, 1.82) is 0 Å². The molecule has 110 valence electrons. The van der Waals surface area contributed by atoms with Crippen molar-refractivity contribution in [3.05, 3.63) is 28.2 Å². The zero-order chi connectivity index (χ0) is 14.4. The molecule has 0 saturated carbocycles. The van der Waals surface area contributed by atoms with Gasteiger partial charge in [-0.25, -0.2) is 0 Å². The number of para-hydroxylation sites is 1. The van der Waals surface area contributed by atoms with Gasteiger partial charge in [-0.15, -0.1) is 0 Å². The van der Waals surface area contributed by atoms with Crippen LogP contribution in [0.1, 0.15) is 32.1 Å². The van der Waals surface area contributed by atoms with Crippen molar-refractivity contribution in [3.8, 4) is 0 Å². The Hall–Kier alpha value is -0.770. The second-order valence-corrected chi connectivity index (χ2v) is 6.00. The third-order valence-electron chi connectivity index (χ3n) is 3.54. The Morgan fingerprint density at radius 1 is 1.05 bits per heavy atom. The van der Waals surface area contributed by atoms with Crippen molar-refractivity contribution < 1.29 is 4.79 Å². The van der Waals surface area contributed by atoms with E-state index in [2.05, 4.69) is 10.2 Å². The largest absolute Gasteiger partial charge is 0.322 e. The molecule has 5 heteroatoms. The van der Waals surface area contributed by atoms with Gasteiger partial charge in [0.25, 0.3) is 0 Å². The number of halogens is 2. The molecule has 2 rings (SSSR count). The van der Waals surface area contributed by atoms with Crippen molar-refractivity contribution >= 4 is 34.8 Å². The van der Waals surface area contributed by atoms with Crippen molar-refractivity contribution in [2.75, 3.05) is 25.0 Å². The van der Waals surface area contributed by atoms with Crippen LogP contribution in [-0.2, 0) is 4.79 Å². The molecule has 1 heterocycles. The number of nitrogens with zero attached hydrogens (tertiary/aromatic N) is 1. The minimum atomic E-state index is -0.0550. The van der Waals surface area contributed by atoms with E-state index in [1.165, 1.54) is 32.1 Å². The summed E-state index contributed by atoms with van der Waals surface area (Å²) in [6.07, 6.45) is 6.17. The summed E-state index contributed by atoms with van der Waals surface area (Å²) in [5.41, 5.74) is 0.507. The molecule has 0 radical (unpaired) electrons. The molecule has 1 aliphatic rings. The topological polar surface area (TPSA) is 32.3 Å². The lowest BCUT2D eigenvalue weighted by molar-refractivity contribution is -0.117. The summed E-state index contributed by atoms with van der Waals surface area (Å²) in [5.74, 6) is -0.0550. The maximum atomic E-state index is 12.1. The molecule has 1 aromatic carbocycles. The fourth-order valence-corrected chi connectivity index (χ4v) is 2.96. The summed E-state index contributed by atoms with van der Waals surface area (Å²) < 4.78 is 0. The van der Waals surface area contributed by atoms with Gasteiger partial charge in [-0.05, 0) is 38.1 Å². The summed E-state index contributed by atoms with van der Waals surface area (Å²) in [7, 11) is 0. The van der Waals surface area contributed by atoms with Crippen LogP contribution in [0.25, 0.3) is 0 Å². The van der Waals surface area contributed by atoms with E-state index in [1.54, 1.807) is 18.2 Å². The van der Waals surface area contributed by atoms with Crippen molar-refractivity contribution in [2.24, 2.45) is 0 Å². The summed E-state index contributed by atoms with van der Waals surface area (Å²) in [6, 6.07) is 5.21. The standard InChI is InChI=1S/C15H20Cl2N2O/c16-12-7-6-8-13(17)15(12)18-14(20)11-19-9-4-2-1-3-5-10-19/h6-8H,1-5,9-11H2,(H,18,20). The lowest BCUT2D eigenvalue weighted by Crippen LogP contribution is -2.35. The number of hydrogen-bond acceptors (Lipinski definition) is 2. The fourth-order valence-electron chi connectivity index (χ4n) is 2.47. The van der Waals surface area contributed by atoms with Crippen LogP contribution in [0.3, 0.4) is 0 Å². The lowest BCUT2D eigenvalue weighted by atomic mass is 10.1. The Bertz CT molecular complexity index is 437. The van der Waals surface area contributed by atoms with E-state index in [9.17, 15) is 4.79 Å². The van der Waals surface area contributed by atoms with Crippen molar-refractivity contribution in [3.63, 3.8) is 0 Å². The highest BCUT2D eigenvalue weighted by molar-refractivity contribution is 6.39. The molecule has 20 heavy (non-hydrogen) atoms. The van der Waals surface area contributed by atoms with Gasteiger partial charge in [-0.1, -0.05) is 48.5 Å². The molecule has 0 unspecified atom stereocenters. The number of likely N-dealkylation sites (tertiary alicyclic amines) is 1. The lowest BCUT2D eigenvalue weighted by Gasteiger charge is -2.24. The van der Waals surface area contributed by atoms with Gasteiger partial charge in [-0.2, -0.15) is 0 Å². The van der Waals surface area contributed by atoms with Gasteiger partial charge < -0.3 is 5.32 Å². The first-order valence-electron chi connectivity index (χ1n) is 7.13. The Morgan fingerprint density at radius 3 is 2.20 bits per heavy atom. The quantitative estimate of drug-likeness (QED) is 0.907. The van der Waals surface area contributed by atoms with Gasteiger partial charge >= 0.3 is 0 Å². The number of rotatable bonds is 3. The van der Waals surface area contributed by atoms with Gasteiger partial charge in [-0.3, -0.25) is 9.69 Å². The van der Waals surface area contributed by atoms with Crippen LogP contribution in [0.4, 0.5) is 5.69 Å². The number of amides is 1. The van der Waals surface area contributed by atoms with Gasteiger partial charge in [0.1, 0.15) is 0 Å². The molecule has 1 saturated heterocycles. The summed E-state index contributed by atoms with van der Waals surface area (Å²) in [6.45, 7) is 2.38. The number of carbonyl (C=O) groups is 1.